The third kappa shape index (κ3) is 2.05. The highest BCUT2D eigenvalue weighted by molar-refractivity contribution is 5.63. The van der Waals surface area contributed by atoms with Crippen molar-refractivity contribution in [2.45, 2.75) is 26.3 Å². The van der Waals surface area contributed by atoms with Gasteiger partial charge < -0.3 is 26.3 Å². The number of fused-ring (bicyclic) bond motifs is 1. The van der Waals surface area contributed by atoms with Crippen molar-refractivity contribution in [1.82, 2.24) is 9.55 Å². The highest BCUT2D eigenvalue weighted by Gasteiger charge is 2.20. The minimum absolute atomic E-state index is 0. The molecule has 0 saturated heterocycles. The first-order chi connectivity index (χ1) is 8.29. The summed E-state index contributed by atoms with van der Waals surface area (Å²) < 4.78 is 7.51. The van der Waals surface area contributed by atoms with Gasteiger partial charge in [0.2, 0.25) is 0 Å². The van der Waals surface area contributed by atoms with Crippen molar-refractivity contribution in [3.8, 4) is 17.0 Å². The number of aryl methyl sites for hydroxylation is 1. The summed E-state index contributed by atoms with van der Waals surface area (Å²) in [5.41, 5.74) is 3.71. The minimum atomic E-state index is 0. The maximum absolute atomic E-state index is 5.18. The predicted octanol–water partition coefficient (Wildman–Crippen LogP) is -0.183. The van der Waals surface area contributed by atoms with Gasteiger partial charge in [-0.05, 0) is 44.0 Å². The Morgan fingerprint density at radius 3 is 2.61 bits per heavy atom. The van der Waals surface area contributed by atoms with Gasteiger partial charge in [0.25, 0.3) is 0 Å². The second kappa shape index (κ2) is 5.14. The molecule has 0 atom stereocenters. The van der Waals surface area contributed by atoms with Gasteiger partial charge in [0.1, 0.15) is 11.6 Å². The van der Waals surface area contributed by atoms with E-state index in [9.17, 15) is 0 Å². The lowest BCUT2D eigenvalue weighted by Crippen LogP contribution is -3.00. The monoisotopic (exact) mass is 307 g/mol. The van der Waals surface area contributed by atoms with Crippen molar-refractivity contribution >= 4 is 0 Å². The molecule has 18 heavy (non-hydrogen) atoms. The number of halogens is 1. The molecule has 3 rings (SSSR count). The summed E-state index contributed by atoms with van der Waals surface area (Å²) in [6.07, 6.45) is 2.38. The van der Waals surface area contributed by atoms with Gasteiger partial charge in [-0.1, -0.05) is 0 Å². The molecule has 1 aliphatic rings. The summed E-state index contributed by atoms with van der Waals surface area (Å²) in [6.45, 7) is 3.20. The molecule has 0 radical (unpaired) electrons. The van der Waals surface area contributed by atoms with Crippen molar-refractivity contribution < 1.29 is 21.7 Å². The summed E-state index contributed by atoms with van der Waals surface area (Å²) >= 11 is 0. The Labute approximate surface area is 118 Å². The first-order valence-corrected chi connectivity index (χ1v) is 6.00. The number of nitrogens with zero attached hydrogens (tertiary/aromatic N) is 2. The zero-order chi connectivity index (χ0) is 11.8. The van der Waals surface area contributed by atoms with E-state index in [4.69, 9.17) is 4.74 Å². The van der Waals surface area contributed by atoms with Crippen molar-refractivity contribution in [3.05, 3.63) is 35.8 Å². The van der Waals surface area contributed by atoms with E-state index in [0.717, 1.165) is 30.2 Å². The number of rotatable bonds is 2. The highest BCUT2D eigenvalue weighted by atomic mass is 79.9. The Hall–Kier alpha value is -1.29. The molecule has 1 aliphatic heterocycles. The summed E-state index contributed by atoms with van der Waals surface area (Å²) in [7, 11) is 1.69. The molecule has 2 aromatic rings. The van der Waals surface area contributed by atoms with Crippen molar-refractivity contribution in [2.24, 2.45) is 0 Å². The lowest BCUT2D eigenvalue weighted by molar-refractivity contribution is -0.00000395. The van der Waals surface area contributed by atoms with Crippen LogP contribution in [-0.2, 0) is 13.0 Å². The lowest BCUT2D eigenvalue weighted by atomic mass is 10.1. The van der Waals surface area contributed by atoms with Crippen LogP contribution in [0, 0.1) is 6.92 Å². The molecule has 0 amide bonds. The smallest absolute Gasteiger partial charge is 0.118 e. The molecule has 2 heterocycles. The van der Waals surface area contributed by atoms with Crippen LogP contribution in [0.3, 0.4) is 0 Å². The first kappa shape index (κ1) is 13.1. The van der Waals surface area contributed by atoms with Crippen LogP contribution in [0.1, 0.15) is 17.9 Å². The van der Waals surface area contributed by atoms with Crippen LogP contribution in [0.15, 0.2) is 24.3 Å². The first-order valence-electron chi connectivity index (χ1n) is 6.00. The normalized spacial score (nSPS) is 13.0. The average Bonchev–Trinajstić information content (AvgIpc) is 2.94. The molecule has 0 N–H and O–H groups in total. The number of imidazole rings is 1. The molecule has 0 saturated carbocycles. The van der Waals surface area contributed by atoms with Crippen molar-refractivity contribution in [1.29, 1.82) is 0 Å². The molecule has 4 heteroatoms. The number of aromatic nitrogens is 2. The van der Waals surface area contributed by atoms with E-state index >= 15 is 0 Å². The maximum atomic E-state index is 5.18. The number of hydrogen-bond donors (Lipinski definition) is 0. The lowest BCUT2D eigenvalue weighted by Gasteiger charge is -2.02. The standard InChI is InChI=1S/C14H16N2O.BrH/c1-10-15-14(13-4-3-9-16(10)13)11-5-7-12(17-2)8-6-11;/h5-8H,3-4,9H2,1-2H3;1H/p-1. The second-order valence-electron chi connectivity index (χ2n) is 4.44. The maximum Gasteiger partial charge on any atom is 0.118 e. The molecule has 1 aromatic carbocycles. The van der Waals surface area contributed by atoms with Crippen LogP contribution in [0.4, 0.5) is 0 Å². The van der Waals surface area contributed by atoms with E-state index in [1.807, 2.05) is 12.1 Å². The third-order valence-corrected chi connectivity index (χ3v) is 3.42. The molecule has 3 nitrogen and oxygen atoms in total. The Balaban J connectivity index is 0.00000120. The van der Waals surface area contributed by atoms with Gasteiger partial charge in [0.05, 0.1) is 12.8 Å². The van der Waals surface area contributed by atoms with Gasteiger partial charge in [0, 0.05) is 17.8 Å². The topological polar surface area (TPSA) is 27.1 Å². The average molecular weight is 308 g/mol. The van der Waals surface area contributed by atoms with Crippen LogP contribution in [0.2, 0.25) is 0 Å². The van der Waals surface area contributed by atoms with Crippen molar-refractivity contribution in [2.75, 3.05) is 7.11 Å². The fourth-order valence-corrected chi connectivity index (χ4v) is 2.54. The van der Waals surface area contributed by atoms with Crippen LogP contribution < -0.4 is 21.7 Å². The van der Waals surface area contributed by atoms with Gasteiger partial charge in [-0.15, -0.1) is 0 Å². The Morgan fingerprint density at radius 1 is 1.22 bits per heavy atom. The summed E-state index contributed by atoms with van der Waals surface area (Å²) in [6, 6.07) is 8.15. The van der Waals surface area contributed by atoms with Crippen molar-refractivity contribution in [3.63, 3.8) is 0 Å². The van der Waals surface area contributed by atoms with E-state index in [0.29, 0.717) is 0 Å². The Bertz CT molecular complexity index is 546. The van der Waals surface area contributed by atoms with E-state index < -0.39 is 0 Å². The quantitative estimate of drug-likeness (QED) is 0.769. The third-order valence-electron chi connectivity index (χ3n) is 3.42. The zero-order valence-corrected chi connectivity index (χ0v) is 12.2. The van der Waals surface area contributed by atoms with E-state index in [1.54, 1.807) is 7.11 Å². The van der Waals surface area contributed by atoms with Crippen LogP contribution in [0.5, 0.6) is 5.75 Å². The van der Waals surface area contributed by atoms with Crippen LogP contribution >= 0.6 is 0 Å². The van der Waals surface area contributed by atoms with Gasteiger partial charge >= 0.3 is 0 Å². The highest BCUT2D eigenvalue weighted by Crippen LogP contribution is 2.30. The molecule has 1 aromatic heterocycles. The SMILES string of the molecule is COc1ccc(-c2nc(C)n3c2CCC3)cc1.[Br-]. The van der Waals surface area contributed by atoms with Gasteiger partial charge in [-0.25, -0.2) is 4.98 Å². The number of ether oxygens (including phenoxy) is 1. The summed E-state index contributed by atoms with van der Waals surface area (Å²) in [4.78, 5) is 4.68. The molecule has 0 bridgehead atoms. The molecular weight excluding hydrogens is 292 g/mol. The molecule has 0 aliphatic carbocycles. The van der Waals surface area contributed by atoms with Gasteiger partial charge in [0.15, 0.2) is 0 Å². The molecule has 0 fully saturated rings. The van der Waals surface area contributed by atoms with E-state index in [2.05, 4.69) is 28.6 Å². The van der Waals surface area contributed by atoms with Gasteiger partial charge in [-0.3, -0.25) is 0 Å². The fourth-order valence-electron chi connectivity index (χ4n) is 2.54. The Kier molecular flexibility index (Phi) is 3.76. The van der Waals surface area contributed by atoms with Crippen LogP contribution in [0.25, 0.3) is 11.3 Å². The summed E-state index contributed by atoms with van der Waals surface area (Å²) in [5.74, 6) is 2.02. The number of benzene rings is 1. The second-order valence-corrected chi connectivity index (χ2v) is 4.44. The van der Waals surface area contributed by atoms with E-state index in [-0.39, 0.29) is 17.0 Å². The molecular formula is C14H16BrN2O-. The van der Waals surface area contributed by atoms with Crippen LogP contribution in [-0.4, -0.2) is 16.7 Å². The largest absolute Gasteiger partial charge is 1.00 e. The van der Waals surface area contributed by atoms with Gasteiger partial charge in [-0.2, -0.15) is 0 Å². The molecule has 0 spiro atoms. The zero-order valence-electron chi connectivity index (χ0n) is 10.6. The molecule has 96 valence electrons. The Morgan fingerprint density at radius 2 is 1.94 bits per heavy atom. The minimum Gasteiger partial charge on any atom is -1.00 e. The fraction of sp³-hybridized carbons (Fsp3) is 0.357. The number of hydrogen-bond acceptors (Lipinski definition) is 2. The summed E-state index contributed by atoms with van der Waals surface area (Å²) in [5, 5.41) is 0. The molecule has 0 unspecified atom stereocenters. The van der Waals surface area contributed by atoms with E-state index in [1.165, 1.54) is 17.7 Å². The predicted molar refractivity (Wildman–Crippen MR) is 67.3 cm³/mol. The number of methoxy groups -OCH3 is 1.